The molecule has 0 unspecified atom stereocenters. The SMILES string of the molecule is Cc1ccc2nc3ncccn3c2c1. The summed E-state index contributed by atoms with van der Waals surface area (Å²) in [7, 11) is 0. The van der Waals surface area contributed by atoms with Gasteiger partial charge in [-0.3, -0.25) is 4.40 Å². The molecular formula is C11H9N3. The maximum absolute atomic E-state index is 4.41. The van der Waals surface area contributed by atoms with E-state index in [1.54, 1.807) is 6.20 Å². The lowest BCUT2D eigenvalue weighted by Crippen LogP contribution is -1.85. The molecule has 14 heavy (non-hydrogen) atoms. The number of hydrogen-bond acceptors (Lipinski definition) is 2. The molecule has 0 fully saturated rings. The molecule has 0 aliphatic heterocycles. The second-order valence-corrected chi connectivity index (χ2v) is 3.39. The molecule has 68 valence electrons. The second kappa shape index (κ2) is 2.54. The summed E-state index contributed by atoms with van der Waals surface area (Å²) < 4.78 is 2.00. The topological polar surface area (TPSA) is 30.2 Å². The first-order chi connectivity index (χ1) is 6.84. The molecule has 0 saturated heterocycles. The van der Waals surface area contributed by atoms with Crippen molar-refractivity contribution in [2.75, 3.05) is 0 Å². The van der Waals surface area contributed by atoms with Gasteiger partial charge in [0.15, 0.2) is 0 Å². The van der Waals surface area contributed by atoms with E-state index < -0.39 is 0 Å². The number of nitrogens with zero attached hydrogens (tertiary/aromatic N) is 3. The fraction of sp³-hybridized carbons (Fsp3) is 0.0909. The van der Waals surface area contributed by atoms with Crippen LogP contribution < -0.4 is 0 Å². The Balaban J connectivity index is 2.58. The molecule has 3 heteroatoms. The van der Waals surface area contributed by atoms with Crippen molar-refractivity contribution in [2.45, 2.75) is 6.92 Å². The minimum absolute atomic E-state index is 0.758. The van der Waals surface area contributed by atoms with Crippen LogP contribution in [0.15, 0.2) is 36.7 Å². The quantitative estimate of drug-likeness (QED) is 0.534. The third-order valence-electron chi connectivity index (χ3n) is 2.34. The summed E-state index contributed by atoms with van der Waals surface area (Å²) in [5.74, 6) is 0.758. The van der Waals surface area contributed by atoms with E-state index in [-0.39, 0.29) is 0 Å². The first-order valence-electron chi connectivity index (χ1n) is 4.54. The van der Waals surface area contributed by atoms with Crippen molar-refractivity contribution in [2.24, 2.45) is 0 Å². The van der Waals surface area contributed by atoms with Gasteiger partial charge in [0, 0.05) is 12.4 Å². The Kier molecular flexibility index (Phi) is 1.36. The maximum atomic E-state index is 4.41. The number of fused-ring (bicyclic) bond motifs is 3. The third kappa shape index (κ3) is 0.923. The molecule has 0 radical (unpaired) electrons. The highest BCUT2D eigenvalue weighted by Gasteiger charge is 2.03. The average molecular weight is 183 g/mol. The molecule has 0 aliphatic carbocycles. The fourth-order valence-corrected chi connectivity index (χ4v) is 1.66. The van der Waals surface area contributed by atoms with Gasteiger partial charge in [-0.1, -0.05) is 6.07 Å². The van der Waals surface area contributed by atoms with Gasteiger partial charge in [0.05, 0.1) is 11.0 Å². The van der Waals surface area contributed by atoms with Crippen molar-refractivity contribution >= 4 is 16.8 Å². The van der Waals surface area contributed by atoms with Gasteiger partial charge in [-0.15, -0.1) is 0 Å². The third-order valence-corrected chi connectivity index (χ3v) is 2.34. The lowest BCUT2D eigenvalue weighted by molar-refractivity contribution is 1.13. The smallest absolute Gasteiger partial charge is 0.234 e. The van der Waals surface area contributed by atoms with Gasteiger partial charge in [-0.05, 0) is 30.7 Å². The molecule has 2 aromatic heterocycles. The lowest BCUT2D eigenvalue weighted by Gasteiger charge is -1.94. The van der Waals surface area contributed by atoms with Crippen molar-refractivity contribution in [3.63, 3.8) is 0 Å². The van der Waals surface area contributed by atoms with Crippen LogP contribution in [-0.4, -0.2) is 14.4 Å². The largest absolute Gasteiger partial charge is 0.284 e. The number of rotatable bonds is 0. The van der Waals surface area contributed by atoms with E-state index >= 15 is 0 Å². The zero-order valence-corrected chi connectivity index (χ0v) is 7.81. The molecule has 0 spiro atoms. The summed E-state index contributed by atoms with van der Waals surface area (Å²) in [6, 6.07) is 8.13. The van der Waals surface area contributed by atoms with E-state index in [1.807, 2.05) is 22.7 Å². The molecule has 2 heterocycles. The van der Waals surface area contributed by atoms with Gasteiger partial charge in [0.1, 0.15) is 0 Å². The monoisotopic (exact) mass is 183 g/mol. The van der Waals surface area contributed by atoms with Gasteiger partial charge in [0.2, 0.25) is 5.78 Å². The summed E-state index contributed by atoms with van der Waals surface area (Å²) in [4.78, 5) is 8.61. The van der Waals surface area contributed by atoms with Crippen molar-refractivity contribution in [1.82, 2.24) is 14.4 Å². The molecule has 0 atom stereocenters. The molecular weight excluding hydrogens is 174 g/mol. The van der Waals surface area contributed by atoms with E-state index in [9.17, 15) is 0 Å². The summed E-state index contributed by atoms with van der Waals surface area (Å²) in [6.07, 6.45) is 3.74. The first kappa shape index (κ1) is 7.50. The van der Waals surface area contributed by atoms with Crippen LogP contribution in [0.1, 0.15) is 5.56 Å². The molecule has 3 nitrogen and oxygen atoms in total. The Morgan fingerprint density at radius 1 is 1.29 bits per heavy atom. The van der Waals surface area contributed by atoms with Gasteiger partial charge in [-0.2, -0.15) is 0 Å². The fourth-order valence-electron chi connectivity index (χ4n) is 1.66. The van der Waals surface area contributed by atoms with E-state index in [0.717, 1.165) is 16.8 Å². The van der Waals surface area contributed by atoms with Gasteiger partial charge >= 0.3 is 0 Å². The summed E-state index contributed by atoms with van der Waals surface area (Å²) in [5.41, 5.74) is 3.35. The van der Waals surface area contributed by atoms with Crippen LogP contribution in [-0.2, 0) is 0 Å². The average Bonchev–Trinajstić information content (AvgIpc) is 2.56. The molecule has 0 aliphatic rings. The van der Waals surface area contributed by atoms with E-state index in [0.29, 0.717) is 0 Å². The zero-order valence-electron chi connectivity index (χ0n) is 7.81. The Hall–Kier alpha value is -1.90. The predicted octanol–water partition coefficient (Wildman–Crippen LogP) is 2.19. The highest BCUT2D eigenvalue weighted by atomic mass is 15.1. The van der Waals surface area contributed by atoms with Crippen LogP contribution in [0, 0.1) is 6.92 Å². The minimum atomic E-state index is 0.758. The van der Waals surface area contributed by atoms with Crippen molar-refractivity contribution < 1.29 is 0 Å². The molecule has 0 bridgehead atoms. The number of aromatic nitrogens is 3. The molecule has 1 aromatic carbocycles. The molecule has 0 N–H and O–H groups in total. The maximum Gasteiger partial charge on any atom is 0.234 e. The van der Waals surface area contributed by atoms with Crippen LogP contribution in [0.3, 0.4) is 0 Å². The van der Waals surface area contributed by atoms with Crippen LogP contribution in [0.5, 0.6) is 0 Å². The van der Waals surface area contributed by atoms with Crippen molar-refractivity contribution in [3.8, 4) is 0 Å². The Morgan fingerprint density at radius 2 is 2.21 bits per heavy atom. The Morgan fingerprint density at radius 3 is 3.14 bits per heavy atom. The normalized spacial score (nSPS) is 11.2. The predicted molar refractivity (Wildman–Crippen MR) is 55.2 cm³/mol. The number of imidazole rings is 1. The van der Waals surface area contributed by atoms with Crippen molar-refractivity contribution in [1.29, 1.82) is 0 Å². The highest BCUT2D eigenvalue weighted by molar-refractivity contribution is 5.79. The molecule has 0 saturated carbocycles. The van der Waals surface area contributed by atoms with E-state index in [2.05, 4.69) is 29.0 Å². The van der Waals surface area contributed by atoms with Gasteiger partial charge in [0.25, 0.3) is 0 Å². The van der Waals surface area contributed by atoms with E-state index in [1.165, 1.54) is 5.56 Å². The zero-order chi connectivity index (χ0) is 9.54. The van der Waals surface area contributed by atoms with Crippen LogP contribution >= 0.6 is 0 Å². The summed E-state index contributed by atoms with van der Waals surface area (Å²) in [5, 5.41) is 0. The Bertz CT molecular complexity index is 610. The molecule has 3 rings (SSSR count). The summed E-state index contributed by atoms with van der Waals surface area (Å²) in [6.45, 7) is 2.08. The highest BCUT2D eigenvalue weighted by Crippen LogP contribution is 2.15. The van der Waals surface area contributed by atoms with E-state index in [4.69, 9.17) is 0 Å². The molecule has 3 aromatic rings. The van der Waals surface area contributed by atoms with Crippen molar-refractivity contribution in [3.05, 3.63) is 42.2 Å². The standard InChI is InChI=1S/C11H9N3/c1-8-3-4-9-10(7-8)14-6-2-5-12-11(14)13-9/h2-7H,1H3. The van der Waals surface area contributed by atoms with Crippen LogP contribution in [0.4, 0.5) is 0 Å². The number of hydrogen-bond donors (Lipinski definition) is 0. The first-order valence-corrected chi connectivity index (χ1v) is 4.54. The van der Waals surface area contributed by atoms with Gasteiger partial charge in [-0.25, -0.2) is 9.97 Å². The Labute approximate surface area is 81.0 Å². The van der Waals surface area contributed by atoms with Crippen LogP contribution in [0.2, 0.25) is 0 Å². The summed E-state index contributed by atoms with van der Waals surface area (Å²) >= 11 is 0. The number of aryl methyl sites for hydroxylation is 1. The minimum Gasteiger partial charge on any atom is -0.284 e. The van der Waals surface area contributed by atoms with Gasteiger partial charge < -0.3 is 0 Å². The second-order valence-electron chi connectivity index (χ2n) is 3.39. The number of benzene rings is 1. The molecule has 0 amide bonds. The lowest BCUT2D eigenvalue weighted by atomic mass is 10.2. The van der Waals surface area contributed by atoms with Crippen LogP contribution in [0.25, 0.3) is 16.8 Å².